The second-order valence-electron chi connectivity index (χ2n) is 3.78. The average Bonchev–Trinajstić information content (AvgIpc) is 2.71. The van der Waals surface area contributed by atoms with Gasteiger partial charge in [0.05, 0.1) is 23.6 Å². The summed E-state index contributed by atoms with van der Waals surface area (Å²) in [5.41, 5.74) is 7.91. The van der Waals surface area contributed by atoms with Gasteiger partial charge >= 0.3 is 0 Å². The predicted octanol–water partition coefficient (Wildman–Crippen LogP) is 2.14. The number of rotatable bonds is 2. The third kappa shape index (κ3) is 1.43. The van der Waals surface area contributed by atoms with Crippen LogP contribution in [0.3, 0.4) is 0 Å². The van der Waals surface area contributed by atoms with Crippen LogP contribution in [-0.2, 0) is 6.42 Å². The molecule has 72 valence electrons. The molecule has 0 saturated heterocycles. The lowest BCUT2D eigenvalue weighted by Gasteiger charge is -2.13. The maximum absolute atomic E-state index is 5.84. The summed E-state index contributed by atoms with van der Waals surface area (Å²) >= 11 is 0. The molecule has 1 heterocycles. The summed E-state index contributed by atoms with van der Waals surface area (Å²) in [4.78, 5) is 0. The van der Waals surface area contributed by atoms with E-state index in [2.05, 4.69) is 16.7 Å². The lowest BCUT2D eigenvalue weighted by atomic mass is 10.2. The molecule has 2 rings (SSSR count). The van der Waals surface area contributed by atoms with Crippen LogP contribution in [0.15, 0.2) is 6.20 Å². The Morgan fingerprint density at radius 1 is 1.54 bits per heavy atom. The minimum Gasteiger partial charge on any atom is -0.396 e. The van der Waals surface area contributed by atoms with Crippen LogP contribution >= 0.6 is 0 Å². The minimum atomic E-state index is 0.618. The number of anilines is 1. The molecule has 1 aliphatic rings. The van der Waals surface area contributed by atoms with Gasteiger partial charge in [0.15, 0.2) is 0 Å². The monoisotopic (exact) mass is 179 g/mol. The summed E-state index contributed by atoms with van der Waals surface area (Å²) in [6, 6.07) is 0.618. The maximum atomic E-state index is 5.84. The van der Waals surface area contributed by atoms with Crippen molar-refractivity contribution in [2.45, 2.75) is 45.1 Å². The smallest absolute Gasteiger partial charge is 0.0733 e. The summed E-state index contributed by atoms with van der Waals surface area (Å²) in [7, 11) is 0. The highest BCUT2D eigenvalue weighted by Crippen LogP contribution is 2.31. The zero-order chi connectivity index (χ0) is 9.26. The van der Waals surface area contributed by atoms with Crippen LogP contribution in [-0.4, -0.2) is 9.78 Å². The molecule has 0 amide bonds. The fraction of sp³-hybridized carbons (Fsp3) is 0.700. The molecule has 0 atom stereocenters. The van der Waals surface area contributed by atoms with E-state index in [1.807, 2.05) is 0 Å². The van der Waals surface area contributed by atoms with E-state index < -0.39 is 0 Å². The van der Waals surface area contributed by atoms with Gasteiger partial charge < -0.3 is 5.73 Å². The fourth-order valence-corrected chi connectivity index (χ4v) is 2.23. The van der Waals surface area contributed by atoms with Crippen LogP contribution in [0.2, 0.25) is 0 Å². The van der Waals surface area contributed by atoms with Gasteiger partial charge in [0.25, 0.3) is 0 Å². The summed E-state index contributed by atoms with van der Waals surface area (Å²) in [6.45, 7) is 2.14. The van der Waals surface area contributed by atoms with E-state index in [9.17, 15) is 0 Å². The molecule has 0 bridgehead atoms. The van der Waals surface area contributed by atoms with E-state index in [-0.39, 0.29) is 0 Å². The molecule has 0 aliphatic heterocycles. The Morgan fingerprint density at radius 3 is 2.85 bits per heavy atom. The van der Waals surface area contributed by atoms with Crippen molar-refractivity contribution in [1.29, 1.82) is 0 Å². The molecule has 1 aromatic rings. The number of aromatic nitrogens is 2. The van der Waals surface area contributed by atoms with Crippen molar-refractivity contribution in [2.75, 3.05) is 5.73 Å². The molecule has 3 heteroatoms. The van der Waals surface area contributed by atoms with E-state index in [0.717, 1.165) is 12.1 Å². The zero-order valence-electron chi connectivity index (χ0n) is 8.16. The molecular formula is C10H17N3. The molecular weight excluding hydrogens is 162 g/mol. The van der Waals surface area contributed by atoms with Crippen molar-refractivity contribution < 1.29 is 0 Å². The van der Waals surface area contributed by atoms with Gasteiger partial charge in [-0.2, -0.15) is 5.10 Å². The Labute approximate surface area is 78.9 Å². The first-order valence-electron chi connectivity index (χ1n) is 5.14. The third-order valence-electron chi connectivity index (χ3n) is 2.94. The maximum Gasteiger partial charge on any atom is 0.0733 e. The summed E-state index contributed by atoms with van der Waals surface area (Å²) < 4.78 is 2.14. The highest BCUT2D eigenvalue weighted by molar-refractivity contribution is 5.41. The van der Waals surface area contributed by atoms with Gasteiger partial charge in [-0.05, 0) is 19.3 Å². The quantitative estimate of drug-likeness (QED) is 0.756. The predicted molar refractivity (Wildman–Crippen MR) is 53.5 cm³/mol. The van der Waals surface area contributed by atoms with E-state index >= 15 is 0 Å². The highest BCUT2D eigenvalue weighted by atomic mass is 15.3. The first kappa shape index (κ1) is 8.60. The van der Waals surface area contributed by atoms with Crippen molar-refractivity contribution in [2.24, 2.45) is 0 Å². The molecule has 0 aromatic carbocycles. The van der Waals surface area contributed by atoms with Crippen molar-refractivity contribution in [3.63, 3.8) is 0 Å². The molecule has 0 unspecified atom stereocenters. The van der Waals surface area contributed by atoms with E-state index in [1.54, 1.807) is 6.20 Å². The van der Waals surface area contributed by atoms with Gasteiger partial charge in [-0.1, -0.05) is 19.8 Å². The van der Waals surface area contributed by atoms with Gasteiger partial charge in [0.2, 0.25) is 0 Å². The van der Waals surface area contributed by atoms with Crippen molar-refractivity contribution in [1.82, 2.24) is 9.78 Å². The second-order valence-corrected chi connectivity index (χ2v) is 3.78. The Bertz CT molecular complexity index is 284. The summed E-state index contributed by atoms with van der Waals surface area (Å²) in [6.07, 6.45) is 8.00. The number of nitrogens with zero attached hydrogens (tertiary/aromatic N) is 2. The molecule has 13 heavy (non-hydrogen) atoms. The Hall–Kier alpha value is -0.990. The standard InChI is InChI=1S/C10H17N3/c1-2-10-9(11)7-12-13(10)8-5-3-4-6-8/h7-8H,2-6,11H2,1H3. The van der Waals surface area contributed by atoms with Gasteiger partial charge in [-0.15, -0.1) is 0 Å². The van der Waals surface area contributed by atoms with Crippen LogP contribution in [0.25, 0.3) is 0 Å². The number of hydrogen-bond acceptors (Lipinski definition) is 2. The zero-order valence-corrected chi connectivity index (χ0v) is 8.16. The van der Waals surface area contributed by atoms with Crippen LogP contribution in [0.5, 0.6) is 0 Å². The number of nitrogen functional groups attached to an aromatic ring is 1. The first-order valence-corrected chi connectivity index (χ1v) is 5.14. The second kappa shape index (κ2) is 3.40. The van der Waals surface area contributed by atoms with Gasteiger partial charge in [0, 0.05) is 0 Å². The van der Waals surface area contributed by atoms with Gasteiger partial charge in [-0.3, -0.25) is 4.68 Å². The molecule has 0 radical (unpaired) electrons. The fourth-order valence-electron chi connectivity index (χ4n) is 2.23. The van der Waals surface area contributed by atoms with E-state index in [0.29, 0.717) is 6.04 Å². The summed E-state index contributed by atoms with van der Waals surface area (Å²) in [5.74, 6) is 0. The van der Waals surface area contributed by atoms with Crippen molar-refractivity contribution in [3.8, 4) is 0 Å². The Morgan fingerprint density at radius 2 is 2.23 bits per heavy atom. The number of hydrogen-bond donors (Lipinski definition) is 1. The summed E-state index contributed by atoms with van der Waals surface area (Å²) in [5, 5.41) is 4.36. The molecule has 1 saturated carbocycles. The molecule has 1 aromatic heterocycles. The molecule has 2 N–H and O–H groups in total. The van der Waals surface area contributed by atoms with Crippen LogP contribution in [0.4, 0.5) is 5.69 Å². The first-order chi connectivity index (χ1) is 6.33. The molecule has 1 fully saturated rings. The largest absolute Gasteiger partial charge is 0.396 e. The lowest BCUT2D eigenvalue weighted by molar-refractivity contribution is 0.451. The SMILES string of the molecule is CCc1c(N)cnn1C1CCCC1. The highest BCUT2D eigenvalue weighted by Gasteiger charge is 2.20. The Balaban J connectivity index is 2.27. The average molecular weight is 179 g/mol. The number of nitrogens with two attached hydrogens (primary N) is 1. The van der Waals surface area contributed by atoms with Gasteiger partial charge in [0.1, 0.15) is 0 Å². The minimum absolute atomic E-state index is 0.618. The molecule has 3 nitrogen and oxygen atoms in total. The lowest BCUT2D eigenvalue weighted by Crippen LogP contribution is -2.10. The van der Waals surface area contributed by atoms with Crippen LogP contribution in [0.1, 0.15) is 44.3 Å². The van der Waals surface area contributed by atoms with Crippen molar-refractivity contribution >= 4 is 5.69 Å². The van der Waals surface area contributed by atoms with Gasteiger partial charge in [-0.25, -0.2) is 0 Å². The topological polar surface area (TPSA) is 43.8 Å². The normalized spacial score (nSPS) is 18.2. The van der Waals surface area contributed by atoms with Crippen molar-refractivity contribution in [3.05, 3.63) is 11.9 Å². The van der Waals surface area contributed by atoms with Crippen LogP contribution in [0, 0.1) is 0 Å². The Kier molecular flexibility index (Phi) is 2.25. The van der Waals surface area contributed by atoms with E-state index in [1.165, 1.54) is 31.4 Å². The molecule has 0 spiro atoms. The van der Waals surface area contributed by atoms with E-state index in [4.69, 9.17) is 5.73 Å². The third-order valence-corrected chi connectivity index (χ3v) is 2.94. The molecule has 1 aliphatic carbocycles. The van der Waals surface area contributed by atoms with Crippen LogP contribution < -0.4 is 5.73 Å².